The van der Waals surface area contributed by atoms with Gasteiger partial charge in [-0.2, -0.15) is 0 Å². The van der Waals surface area contributed by atoms with Crippen molar-refractivity contribution in [3.8, 4) is 0 Å². The number of nitrogens with zero attached hydrogens (tertiary/aromatic N) is 1. The lowest BCUT2D eigenvalue weighted by atomic mass is 10.1. The summed E-state index contributed by atoms with van der Waals surface area (Å²) in [6.07, 6.45) is 0. The Kier molecular flexibility index (Phi) is 3.80. The van der Waals surface area contributed by atoms with Gasteiger partial charge in [-0.1, -0.05) is 0 Å². The topological polar surface area (TPSA) is 68.0 Å². The normalized spacial score (nSPS) is 12.2. The van der Waals surface area contributed by atoms with Gasteiger partial charge in [-0.15, -0.1) is 11.3 Å². The second-order valence-electron chi connectivity index (χ2n) is 4.26. The van der Waals surface area contributed by atoms with E-state index in [0.29, 0.717) is 5.56 Å². The lowest BCUT2D eigenvalue weighted by molar-refractivity contribution is 0.0940. The summed E-state index contributed by atoms with van der Waals surface area (Å²) in [6, 6.07) is 3.71. The molecule has 4 nitrogen and oxygen atoms in total. The summed E-state index contributed by atoms with van der Waals surface area (Å²) in [7, 11) is 0. The number of carbonyl (C=O) groups is 1. The number of aromatic nitrogens is 1. The van der Waals surface area contributed by atoms with Crippen molar-refractivity contribution in [2.75, 3.05) is 5.73 Å². The molecule has 2 aromatic rings. The molecule has 1 heterocycles. The van der Waals surface area contributed by atoms with Crippen molar-refractivity contribution in [1.29, 1.82) is 0 Å². The highest BCUT2D eigenvalue weighted by Crippen LogP contribution is 2.18. The maximum atomic E-state index is 13.0. The van der Waals surface area contributed by atoms with E-state index < -0.39 is 5.82 Å². The van der Waals surface area contributed by atoms with Crippen LogP contribution in [0.2, 0.25) is 0 Å². The maximum Gasteiger partial charge on any atom is 0.251 e. The van der Waals surface area contributed by atoms with Crippen molar-refractivity contribution >= 4 is 22.9 Å². The van der Waals surface area contributed by atoms with E-state index >= 15 is 0 Å². The summed E-state index contributed by atoms with van der Waals surface area (Å²) < 4.78 is 13.0. The molecule has 19 heavy (non-hydrogen) atoms. The molecule has 0 saturated heterocycles. The summed E-state index contributed by atoms with van der Waals surface area (Å²) in [5.74, 6) is -0.827. The predicted octanol–water partition coefficient (Wildman–Crippen LogP) is 2.66. The van der Waals surface area contributed by atoms with E-state index in [-0.39, 0.29) is 17.6 Å². The fraction of sp³-hybridized carbons (Fsp3) is 0.231. The predicted molar refractivity (Wildman–Crippen MR) is 73.5 cm³/mol. The minimum atomic E-state index is -0.528. The monoisotopic (exact) mass is 279 g/mol. The van der Waals surface area contributed by atoms with Gasteiger partial charge in [0.05, 0.1) is 11.7 Å². The molecule has 1 amide bonds. The van der Waals surface area contributed by atoms with Gasteiger partial charge in [-0.25, -0.2) is 9.37 Å². The fourth-order valence-electron chi connectivity index (χ4n) is 1.60. The highest BCUT2D eigenvalue weighted by Gasteiger charge is 2.14. The fourth-order valence-corrected chi connectivity index (χ4v) is 2.40. The van der Waals surface area contributed by atoms with Crippen molar-refractivity contribution in [1.82, 2.24) is 10.3 Å². The van der Waals surface area contributed by atoms with Crippen molar-refractivity contribution < 1.29 is 9.18 Å². The van der Waals surface area contributed by atoms with Gasteiger partial charge < -0.3 is 11.1 Å². The van der Waals surface area contributed by atoms with Crippen LogP contribution in [0, 0.1) is 12.7 Å². The van der Waals surface area contributed by atoms with Crippen LogP contribution in [-0.2, 0) is 0 Å². The van der Waals surface area contributed by atoms with E-state index in [2.05, 4.69) is 10.3 Å². The number of nitrogens with two attached hydrogens (primary N) is 1. The molecule has 0 saturated carbocycles. The first-order valence-electron chi connectivity index (χ1n) is 5.75. The largest absolute Gasteiger partial charge is 0.396 e. The molecule has 0 aliphatic heterocycles. The maximum absolute atomic E-state index is 13.0. The number of nitrogen functional groups attached to an aromatic ring is 1. The van der Waals surface area contributed by atoms with Crippen LogP contribution in [0.15, 0.2) is 23.6 Å². The first-order chi connectivity index (χ1) is 8.97. The number of benzene rings is 1. The third kappa shape index (κ3) is 3.08. The van der Waals surface area contributed by atoms with Gasteiger partial charge in [0.25, 0.3) is 5.91 Å². The SMILES string of the molecule is Cc1csc(C(C)NC(=O)c2ccc(F)c(N)c2)n1. The molecule has 0 spiro atoms. The standard InChI is InChI=1S/C13H14FN3OS/c1-7-6-19-13(16-7)8(2)17-12(18)9-3-4-10(14)11(15)5-9/h3-6,8H,15H2,1-2H3,(H,17,18). The number of amides is 1. The molecule has 1 aromatic heterocycles. The Bertz CT molecular complexity index is 612. The number of carbonyl (C=O) groups excluding carboxylic acids is 1. The molecule has 0 aliphatic rings. The third-order valence-electron chi connectivity index (χ3n) is 2.61. The zero-order chi connectivity index (χ0) is 14.0. The van der Waals surface area contributed by atoms with Crippen LogP contribution in [0.4, 0.5) is 10.1 Å². The number of rotatable bonds is 3. The lowest BCUT2D eigenvalue weighted by Crippen LogP contribution is -2.26. The highest BCUT2D eigenvalue weighted by molar-refractivity contribution is 7.09. The number of aryl methyl sites for hydroxylation is 1. The van der Waals surface area contributed by atoms with E-state index in [1.807, 2.05) is 19.2 Å². The molecular weight excluding hydrogens is 265 g/mol. The van der Waals surface area contributed by atoms with Gasteiger partial charge >= 0.3 is 0 Å². The Morgan fingerprint density at radius 1 is 1.53 bits per heavy atom. The van der Waals surface area contributed by atoms with Crippen LogP contribution < -0.4 is 11.1 Å². The molecule has 0 fully saturated rings. The molecule has 6 heteroatoms. The quantitative estimate of drug-likeness (QED) is 0.849. The first kappa shape index (κ1) is 13.5. The molecule has 1 aromatic carbocycles. The van der Waals surface area contributed by atoms with Gasteiger partial charge in [0.2, 0.25) is 0 Å². The lowest BCUT2D eigenvalue weighted by Gasteiger charge is -2.11. The Labute approximate surface area is 114 Å². The third-order valence-corrected chi connectivity index (χ3v) is 3.76. The summed E-state index contributed by atoms with van der Waals surface area (Å²) >= 11 is 1.49. The first-order valence-corrected chi connectivity index (χ1v) is 6.63. The number of anilines is 1. The van der Waals surface area contributed by atoms with Gasteiger partial charge in [0.1, 0.15) is 10.8 Å². The zero-order valence-electron chi connectivity index (χ0n) is 10.6. The Morgan fingerprint density at radius 3 is 2.84 bits per heavy atom. The molecular formula is C13H14FN3OS. The molecule has 0 radical (unpaired) electrons. The summed E-state index contributed by atoms with van der Waals surface area (Å²) in [5.41, 5.74) is 6.66. The second-order valence-corrected chi connectivity index (χ2v) is 5.15. The van der Waals surface area contributed by atoms with Gasteiger partial charge in [0, 0.05) is 16.6 Å². The highest BCUT2D eigenvalue weighted by atomic mass is 32.1. The van der Waals surface area contributed by atoms with Crippen LogP contribution >= 0.6 is 11.3 Å². The van der Waals surface area contributed by atoms with Crippen LogP contribution in [0.3, 0.4) is 0 Å². The number of thiazole rings is 1. The smallest absolute Gasteiger partial charge is 0.251 e. The Hall–Kier alpha value is -1.95. The Balaban J connectivity index is 2.10. The second kappa shape index (κ2) is 5.36. The zero-order valence-corrected chi connectivity index (χ0v) is 11.4. The summed E-state index contributed by atoms with van der Waals surface area (Å²) in [4.78, 5) is 16.3. The van der Waals surface area contributed by atoms with Gasteiger partial charge in [-0.3, -0.25) is 4.79 Å². The average Bonchev–Trinajstić information content (AvgIpc) is 2.79. The van der Waals surface area contributed by atoms with E-state index in [9.17, 15) is 9.18 Å². The summed E-state index contributed by atoms with van der Waals surface area (Å²) in [5, 5.41) is 5.56. The molecule has 2 rings (SSSR count). The minimum absolute atomic E-state index is 0.0367. The molecule has 1 atom stereocenters. The summed E-state index contributed by atoms with van der Waals surface area (Å²) in [6.45, 7) is 3.75. The Morgan fingerprint density at radius 2 is 2.26 bits per heavy atom. The van der Waals surface area contributed by atoms with Crippen molar-refractivity contribution in [3.05, 3.63) is 45.7 Å². The van der Waals surface area contributed by atoms with E-state index in [0.717, 1.165) is 10.7 Å². The van der Waals surface area contributed by atoms with Crippen LogP contribution in [0.1, 0.15) is 34.0 Å². The molecule has 3 N–H and O–H groups in total. The molecule has 0 bridgehead atoms. The van der Waals surface area contributed by atoms with Crippen LogP contribution in [0.5, 0.6) is 0 Å². The number of nitrogens with one attached hydrogen (secondary N) is 1. The molecule has 1 unspecified atom stereocenters. The molecule has 0 aliphatic carbocycles. The van der Waals surface area contributed by atoms with E-state index in [1.165, 1.54) is 29.5 Å². The number of hydrogen-bond acceptors (Lipinski definition) is 4. The van der Waals surface area contributed by atoms with Crippen molar-refractivity contribution in [2.24, 2.45) is 0 Å². The van der Waals surface area contributed by atoms with Gasteiger partial charge in [0.15, 0.2) is 0 Å². The van der Waals surface area contributed by atoms with E-state index in [4.69, 9.17) is 5.73 Å². The average molecular weight is 279 g/mol. The van der Waals surface area contributed by atoms with Crippen LogP contribution in [-0.4, -0.2) is 10.9 Å². The number of hydrogen-bond donors (Lipinski definition) is 2. The van der Waals surface area contributed by atoms with Crippen LogP contribution in [0.25, 0.3) is 0 Å². The van der Waals surface area contributed by atoms with Crippen molar-refractivity contribution in [3.63, 3.8) is 0 Å². The minimum Gasteiger partial charge on any atom is -0.396 e. The van der Waals surface area contributed by atoms with Crippen molar-refractivity contribution in [2.45, 2.75) is 19.9 Å². The van der Waals surface area contributed by atoms with E-state index in [1.54, 1.807) is 0 Å². The molecule has 100 valence electrons. The number of halogens is 1. The van der Waals surface area contributed by atoms with Gasteiger partial charge in [-0.05, 0) is 32.0 Å².